The van der Waals surface area contributed by atoms with E-state index < -0.39 is 29.0 Å². The van der Waals surface area contributed by atoms with E-state index in [2.05, 4.69) is 10.6 Å². The van der Waals surface area contributed by atoms with Crippen molar-refractivity contribution in [2.45, 2.75) is 44.3 Å². The number of imide groups is 1. The summed E-state index contributed by atoms with van der Waals surface area (Å²) in [6.07, 6.45) is 0.420. The highest BCUT2D eigenvalue weighted by Gasteiger charge is 2.71. The van der Waals surface area contributed by atoms with Gasteiger partial charge in [0, 0.05) is 27.9 Å². The number of phenols is 1. The van der Waals surface area contributed by atoms with Crippen LogP contribution in [0.2, 0.25) is 5.02 Å². The van der Waals surface area contributed by atoms with E-state index in [1.165, 1.54) is 4.90 Å². The number of aromatic hydroxyl groups is 1. The molecule has 5 rings (SSSR count). The first-order chi connectivity index (χ1) is 15.0. The number of hydrogen-bond acceptors (Lipinski definition) is 5. The molecule has 3 aliphatic heterocycles. The second-order valence-electron chi connectivity index (χ2n) is 9.76. The third-order valence-corrected chi connectivity index (χ3v) is 6.97. The summed E-state index contributed by atoms with van der Waals surface area (Å²) in [4.78, 5) is 42.0. The summed E-state index contributed by atoms with van der Waals surface area (Å²) in [5.41, 5.74) is -0.0235. The Labute approximate surface area is 190 Å². The van der Waals surface area contributed by atoms with Gasteiger partial charge in [-0.1, -0.05) is 23.7 Å². The average molecular weight is 454 g/mol. The van der Waals surface area contributed by atoms with Crippen molar-refractivity contribution in [1.82, 2.24) is 10.2 Å². The molecule has 166 valence electrons. The smallest absolute Gasteiger partial charge is 0.250 e. The molecule has 8 heteroatoms. The van der Waals surface area contributed by atoms with Crippen LogP contribution in [-0.4, -0.2) is 39.3 Å². The molecule has 32 heavy (non-hydrogen) atoms. The molecule has 2 aromatic rings. The van der Waals surface area contributed by atoms with E-state index in [-0.39, 0.29) is 23.5 Å². The number of amides is 3. The first-order valence-electron chi connectivity index (χ1n) is 10.6. The number of benzene rings is 2. The van der Waals surface area contributed by atoms with Crippen molar-refractivity contribution in [3.8, 4) is 5.75 Å². The van der Waals surface area contributed by atoms with Gasteiger partial charge in [-0.3, -0.25) is 24.6 Å². The van der Waals surface area contributed by atoms with Gasteiger partial charge in [-0.05, 0) is 63.1 Å². The quantitative estimate of drug-likeness (QED) is 0.607. The maximum Gasteiger partial charge on any atom is 0.250 e. The van der Waals surface area contributed by atoms with Crippen LogP contribution < -0.4 is 10.6 Å². The highest BCUT2D eigenvalue weighted by Crippen LogP contribution is 2.54. The summed E-state index contributed by atoms with van der Waals surface area (Å²) in [5.74, 6) is -2.41. The number of carbonyl (C=O) groups is 3. The Morgan fingerprint density at radius 1 is 1.06 bits per heavy atom. The lowest BCUT2D eigenvalue weighted by atomic mass is 9.76. The summed E-state index contributed by atoms with van der Waals surface area (Å²) in [6.45, 7) is 5.45. The van der Waals surface area contributed by atoms with Crippen molar-refractivity contribution in [2.75, 3.05) is 5.32 Å². The molecule has 2 saturated heterocycles. The highest BCUT2D eigenvalue weighted by atomic mass is 35.5. The lowest BCUT2D eigenvalue weighted by Gasteiger charge is -2.34. The molecule has 0 aromatic heterocycles. The van der Waals surface area contributed by atoms with Crippen molar-refractivity contribution >= 4 is 35.0 Å². The Morgan fingerprint density at radius 3 is 2.41 bits per heavy atom. The minimum absolute atomic E-state index is 0.146. The maximum atomic E-state index is 13.7. The van der Waals surface area contributed by atoms with E-state index in [4.69, 9.17) is 11.6 Å². The average Bonchev–Trinajstić information content (AvgIpc) is 3.28. The number of fused-ring (bicyclic) bond motifs is 4. The Kier molecular flexibility index (Phi) is 4.45. The zero-order valence-corrected chi connectivity index (χ0v) is 18.7. The van der Waals surface area contributed by atoms with Crippen molar-refractivity contribution in [2.24, 2.45) is 11.8 Å². The number of likely N-dealkylation sites (tertiary alicyclic amines) is 1. The topological polar surface area (TPSA) is 98.7 Å². The Morgan fingerprint density at radius 2 is 1.75 bits per heavy atom. The van der Waals surface area contributed by atoms with E-state index in [1.807, 2.05) is 20.8 Å². The van der Waals surface area contributed by atoms with Crippen LogP contribution in [0.3, 0.4) is 0 Å². The fraction of sp³-hybridized carbons (Fsp3) is 0.375. The predicted octanol–water partition coefficient (Wildman–Crippen LogP) is 2.81. The molecule has 3 heterocycles. The first kappa shape index (κ1) is 21.0. The summed E-state index contributed by atoms with van der Waals surface area (Å²) in [6, 6.07) is 11.4. The van der Waals surface area contributed by atoms with E-state index in [0.717, 1.165) is 5.56 Å². The largest absolute Gasteiger partial charge is 0.508 e. The van der Waals surface area contributed by atoms with Gasteiger partial charge in [0.15, 0.2) is 0 Å². The fourth-order valence-corrected chi connectivity index (χ4v) is 5.67. The van der Waals surface area contributed by atoms with Crippen LogP contribution in [0.1, 0.15) is 31.9 Å². The summed E-state index contributed by atoms with van der Waals surface area (Å²) < 4.78 is 0. The third-order valence-electron chi connectivity index (χ3n) is 6.74. The van der Waals surface area contributed by atoms with E-state index in [0.29, 0.717) is 22.7 Å². The molecule has 1 spiro atoms. The molecule has 4 atom stereocenters. The molecule has 2 aromatic carbocycles. The molecule has 3 N–H and O–H groups in total. The van der Waals surface area contributed by atoms with E-state index >= 15 is 0 Å². The van der Waals surface area contributed by atoms with Crippen LogP contribution in [0.15, 0.2) is 42.5 Å². The predicted molar refractivity (Wildman–Crippen MR) is 119 cm³/mol. The number of rotatable bonds is 2. The SMILES string of the molecule is CC(C)(C)N1C(=O)[C@@H]2C(Cc3ccc(O)cc3)NC3(C(=O)Nc4ccc(Cl)cc43)[C@@H]2C1=O. The molecule has 7 nitrogen and oxygen atoms in total. The minimum atomic E-state index is -1.38. The van der Waals surface area contributed by atoms with Crippen LogP contribution in [-0.2, 0) is 26.3 Å². The first-order valence-corrected chi connectivity index (χ1v) is 11.0. The van der Waals surface area contributed by atoms with Crippen molar-refractivity contribution < 1.29 is 19.5 Å². The summed E-state index contributed by atoms with van der Waals surface area (Å²) in [5, 5.41) is 16.3. The standard InChI is InChI=1S/C24H24ClN3O4/c1-23(2,3)28-20(30)18-17(10-12-4-7-14(29)8-5-12)27-24(19(18)21(28)31)15-11-13(25)6-9-16(15)26-22(24)32/h4-9,11,17-19,27,29H,10H2,1-3H3,(H,26,32)/t17?,18-,19+,24?/m1/s1. The number of hydrogen-bond donors (Lipinski definition) is 3. The van der Waals surface area contributed by atoms with Crippen molar-refractivity contribution in [3.05, 3.63) is 58.6 Å². The molecular weight excluding hydrogens is 430 g/mol. The molecule has 2 fully saturated rings. The van der Waals surface area contributed by atoms with Crippen molar-refractivity contribution in [1.29, 1.82) is 0 Å². The number of anilines is 1. The number of nitrogens with zero attached hydrogens (tertiary/aromatic N) is 1. The molecular formula is C24H24ClN3O4. The zero-order valence-electron chi connectivity index (χ0n) is 18.0. The van der Waals surface area contributed by atoms with Crippen LogP contribution in [0, 0.1) is 11.8 Å². The molecule has 0 saturated carbocycles. The zero-order chi connectivity index (χ0) is 23.0. The second kappa shape index (κ2) is 6.80. The fourth-order valence-electron chi connectivity index (χ4n) is 5.50. The highest BCUT2D eigenvalue weighted by molar-refractivity contribution is 6.31. The van der Waals surface area contributed by atoms with Crippen LogP contribution in [0.5, 0.6) is 5.75 Å². The van der Waals surface area contributed by atoms with Crippen LogP contribution >= 0.6 is 11.6 Å². The van der Waals surface area contributed by atoms with Crippen LogP contribution in [0.4, 0.5) is 5.69 Å². The molecule has 2 unspecified atom stereocenters. The minimum Gasteiger partial charge on any atom is -0.508 e. The maximum absolute atomic E-state index is 13.7. The van der Waals surface area contributed by atoms with Gasteiger partial charge >= 0.3 is 0 Å². The number of phenolic OH excluding ortho intramolecular Hbond substituents is 1. The number of carbonyl (C=O) groups excluding carboxylic acids is 3. The third kappa shape index (κ3) is 2.81. The van der Waals surface area contributed by atoms with Crippen LogP contribution in [0.25, 0.3) is 0 Å². The Hall–Kier alpha value is -2.90. The summed E-state index contributed by atoms with van der Waals surface area (Å²) >= 11 is 6.27. The lowest BCUT2D eigenvalue weighted by molar-refractivity contribution is -0.147. The van der Waals surface area contributed by atoms with Gasteiger partial charge < -0.3 is 10.4 Å². The normalized spacial score (nSPS) is 28.9. The Balaban J connectivity index is 1.66. The van der Waals surface area contributed by atoms with E-state index in [9.17, 15) is 19.5 Å². The number of nitrogens with one attached hydrogen (secondary N) is 2. The van der Waals surface area contributed by atoms with Gasteiger partial charge in [0.25, 0.3) is 0 Å². The van der Waals surface area contributed by atoms with Crippen molar-refractivity contribution in [3.63, 3.8) is 0 Å². The van der Waals surface area contributed by atoms with Gasteiger partial charge in [-0.25, -0.2) is 0 Å². The van der Waals surface area contributed by atoms with Gasteiger partial charge in [-0.2, -0.15) is 0 Å². The van der Waals surface area contributed by atoms with Gasteiger partial charge in [0.1, 0.15) is 11.3 Å². The molecule has 3 amide bonds. The van der Waals surface area contributed by atoms with E-state index in [1.54, 1.807) is 42.5 Å². The van der Waals surface area contributed by atoms with Gasteiger partial charge in [0.05, 0.1) is 11.8 Å². The van der Waals surface area contributed by atoms with Gasteiger partial charge in [0.2, 0.25) is 17.7 Å². The molecule has 0 radical (unpaired) electrons. The number of halogens is 1. The molecule has 0 aliphatic carbocycles. The Bertz CT molecular complexity index is 1160. The monoisotopic (exact) mass is 453 g/mol. The molecule has 0 bridgehead atoms. The molecule has 3 aliphatic rings. The van der Waals surface area contributed by atoms with Gasteiger partial charge in [-0.15, -0.1) is 0 Å². The second-order valence-corrected chi connectivity index (χ2v) is 10.2. The summed E-state index contributed by atoms with van der Waals surface area (Å²) in [7, 11) is 0. The lowest BCUT2D eigenvalue weighted by Crippen LogP contribution is -2.56.